The molecule has 0 bridgehead atoms. The summed E-state index contributed by atoms with van der Waals surface area (Å²) in [5, 5.41) is 0. The van der Waals surface area contributed by atoms with Gasteiger partial charge in [-0.2, -0.15) is 0 Å². The summed E-state index contributed by atoms with van der Waals surface area (Å²) in [5.41, 5.74) is 10.1. The summed E-state index contributed by atoms with van der Waals surface area (Å²) in [6.07, 6.45) is 22.2. The van der Waals surface area contributed by atoms with E-state index in [4.69, 9.17) is 25.7 Å². The lowest BCUT2D eigenvalue weighted by atomic mass is 9.92. The maximum absolute atomic E-state index is 5.55. The number of hydrogen-bond acceptors (Lipinski definition) is 0. The van der Waals surface area contributed by atoms with Crippen LogP contribution in [0.4, 0.5) is 0 Å². The van der Waals surface area contributed by atoms with E-state index in [9.17, 15) is 0 Å². The van der Waals surface area contributed by atoms with Gasteiger partial charge in [0.25, 0.3) is 0 Å². The van der Waals surface area contributed by atoms with Crippen LogP contribution in [0.25, 0.3) is 0 Å². The van der Waals surface area contributed by atoms with Crippen LogP contribution in [0, 0.1) is 104 Å². The Kier molecular flexibility index (Phi) is 10.4. The topological polar surface area (TPSA) is 0 Å². The van der Waals surface area contributed by atoms with Crippen LogP contribution in [-0.2, 0) is 0 Å². The normalized spacial score (nSPS) is 9.12. The van der Waals surface area contributed by atoms with Crippen LogP contribution in [0.5, 0.6) is 0 Å². The van der Waals surface area contributed by atoms with Crippen molar-refractivity contribution in [2.24, 2.45) is 0 Å². The second-order valence-corrected chi connectivity index (χ2v) is 11.1. The predicted molar refractivity (Wildman–Crippen MR) is 200 cm³/mol. The largest absolute Gasteiger partial charge is 0.115 e. The average molecular weight is 668 g/mol. The van der Waals surface area contributed by atoms with Gasteiger partial charge >= 0.3 is 0 Å². The van der Waals surface area contributed by atoms with Crippen LogP contribution >= 0.6 is 15.9 Å². The fourth-order valence-electron chi connectivity index (χ4n) is 4.53. The summed E-state index contributed by atoms with van der Waals surface area (Å²) in [6.45, 7) is 1.99. The molecular weight excluding hydrogens is 644 g/mol. The van der Waals surface area contributed by atoms with E-state index in [-0.39, 0.29) is 0 Å². The second kappa shape index (κ2) is 15.4. The van der Waals surface area contributed by atoms with Crippen molar-refractivity contribution in [3.63, 3.8) is 0 Å². The second-order valence-electron chi connectivity index (χ2n) is 10.3. The Labute approximate surface area is 292 Å². The molecule has 0 aliphatic carbocycles. The van der Waals surface area contributed by atoms with Gasteiger partial charge in [-0.15, -0.1) is 25.7 Å². The first-order valence-electron chi connectivity index (χ1n) is 14.6. The van der Waals surface area contributed by atoms with E-state index in [1.54, 1.807) is 0 Å². The number of halogens is 1. The van der Waals surface area contributed by atoms with Crippen LogP contribution in [0.15, 0.2) is 102 Å². The Morgan fingerprint density at radius 3 is 0.771 bits per heavy atom. The highest BCUT2D eigenvalue weighted by atomic mass is 79.9. The van der Waals surface area contributed by atoms with Crippen molar-refractivity contribution in [1.82, 2.24) is 0 Å². The average Bonchev–Trinajstić information content (AvgIpc) is 3.14. The SMILES string of the molecule is C#Cc1ccc(C#Cc2c(C)c(C#Cc3ccc(C#C)cc3)c(C#Cc3ccc(C#C)cc3)c(Br)c2C#Cc2ccc(C#C)cc2)cc1. The Hall–Kier alpha value is -6.94. The molecule has 0 amide bonds. The van der Waals surface area contributed by atoms with E-state index in [1.165, 1.54) is 0 Å². The lowest BCUT2D eigenvalue weighted by Gasteiger charge is -2.12. The number of terminal acetylenes is 4. The van der Waals surface area contributed by atoms with Gasteiger partial charge in [-0.1, -0.05) is 71.0 Å². The fraction of sp³-hybridized carbons (Fsp3) is 0.0213. The Morgan fingerprint density at radius 2 is 0.542 bits per heavy atom. The molecule has 218 valence electrons. The smallest absolute Gasteiger partial charge is 0.0564 e. The maximum Gasteiger partial charge on any atom is 0.0564 e. The molecular formula is C47H23Br. The van der Waals surface area contributed by atoms with Crippen molar-refractivity contribution >= 4 is 15.9 Å². The van der Waals surface area contributed by atoms with Crippen LogP contribution in [-0.4, -0.2) is 0 Å². The van der Waals surface area contributed by atoms with Crippen molar-refractivity contribution in [1.29, 1.82) is 0 Å². The maximum atomic E-state index is 5.55. The summed E-state index contributed by atoms with van der Waals surface area (Å²) in [7, 11) is 0. The molecule has 0 saturated carbocycles. The van der Waals surface area contributed by atoms with Gasteiger partial charge < -0.3 is 0 Å². The highest BCUT2D eigenvalue weighted by molar-refractivity contribution is 9.10. The summed E-state index contributed by atoms with van der Waals surface area (Å²) >= 11 is 3.86. The third kappa shape index (κ3) is 7.82. The fourth-order valence-corrected chi connectivity index (χ4v) is 5.12. The minimum atomic E-state index is 0.688. The number of hydrogen-bond donors (Lipinski definition) is 0. The van der Waals surface area contributed by atoms with Gasteiger partial charge in [0, 0.05) is 55.6 Å². The molecule has 0 atom stereocenters. The van der Waals surface area contributed by atoms with Crippen LogP contribution in [0.2, 0.25) is 0 Å². The van der Waals surface area contributed by atoms with E-state index >= 15 is 0 Å². The summed E-state index contributed by atoms with van der Waals surface area (Å²) in [5.74, 6) is 37.2. The van der Waals surface area contributed by atoms with Crippen molar-refractivity contribution in [2.45, 2.75) is 6.92 Å². The van der Waals surface area contributed by atoms with Crippen LogP contribution in [0.3, 0.4) is 0 Å². The number of rotatable bonds is 0. The van der Waals surface area contributed by atoms with Gasteiger partial charge in [0.15, 0.2) is 0 Å². The van der Waals surface area contributed by atoms with Gasteiger partial charge in [-0.25, -0.2) is 0 Å². The Bertz CT molecular complexity index is 2110. The van der Waals surface area contributed by atoms with Gasteiger partial charge in [0.1, 0.15) is 0 Å². The highest BCUT2D eigenvalue weighted by Crippen LogP contribution is 2.31. The summed E-state index contributed by atoms with van der Waals surface area (Å²) < 4.78 is 0.688. The zero-order chi connectivity index (χ0) is 33.9. The first-order valence-corrected chi connectivity index (χ1v) is 15.4. The highest BCUT2D eigenvalue weighted by Gasteiger charge is 2.17. The van der Waals surface area contributed by atoms with E-state index in [0.717, 1.165) is 61.2 Å². The molecule has 5 aromatic carbocycles. The lowest BCUT2D eigenvalue weighted by Crippen LogP contribution is -2.01. The predicted octanol–water partition coefficient (Wildman–Crippen LogP) is 8.28. The molecule has 0 nitrogen and oxygen atoms in total. The molecule has 0 aliphatic rings. The molecule has 5 rings (SSSR count). The third-order valence-electron chi connectivity index (χ3n) is 7.22. The van der Waals surface area contributed by atoms with E-state index in [0.29, 0.717) is 15.6 Å². The third-order valence-corrected chi connectivity index (χ3v) is 8.02. The quantitative estimate of drug-likeness (QED) is 0.146. The molecule has 1 heteroatoms. The van der Waals surface area contributed by atoms with Gasteiger partial charge in [-0.3, -0.25) is 0 Å². The minimum Gasteiger partial charge on any atom is -0.115 e. The minimum absolute atomic E-state index is 0.688. The first-order chi connectivity index (χ1) is 23.4. The van der Waals surface area contributed by atoms with Crippen molar-refractivity contribution < 1.29 is 0 Å². The molecule has 0 heterocycles. The molecule has 0 N–H and O–H groups in total. The molecule has 0 spiro atoms. The standard InChI is InChI=1S/C47H23Br/c1-6-35-10-18-39(19-11-35)26-30-43-34(5)44(31-27-40-20-12-36(7-2)13-21-40)46(33-29-42-24-16-38(9-4)17-25-42)47(48)45(43)32-28-41-22-14-37(8-3)15-23-41/h1-4,10-25H,5H3. The van der Waals surface area contributed by atoms with Crippen LogP contribution < -0.4 is 0 Å². The molecule has 48 heavy (non-hydrogen) atoms. The first kappa shape index (κ1) is 32.5. The van der Waals surface area contributed by atoms with Gasteiger partial charge in [0.2, 0.25) is 0 Å². The number of benzene rings is 5. The van der Waals surface area contributed by atoms with Crippen LogP contribution in [0.1, 0.15) is 72.3 Å². The summed E-state index contributed by atoms with van der Waals surface area (Å²) in [4.78, 5) is 0. The van der Waals surface area contributed by atoms with E-state index in [2.05, 4.69) is 87.0 Å². The molecule has 0 radical (unpaired) electrons. The van der Waals surface area contributed by atoms with E-state index in [1.807, 2.05) is 104 Å². The summed E-state index contributed by atoms with van der Waals surface area (Å²) in [6, 6.07) is 30.1. The van der Waals surface area contributed by atoms with Crippen molar-refractivity contribution in [3.8, 4) is 96.7 Å². The molecule has 0 unspecified atom stereocenters. The van der Waals surface area contributed by atoms with Gasteiger partial charge in [-0.05, 0) is 125 Å². The Balaban J connectivity index is 1.76. The van der Waals surface area contributed by atoms with Crippen molar-refractivity contribution in [2.75, 3.05) is 0 Å². The zero-order valence-corrected chi connectivity index (χ0v) is 27.5. The monoisotopic (exact) mass is 666 g/mol. The Morgan fingerprint density at radius 1 is 0.333 bits per heavy atom. The molecule has 0 aliphatic heterocycles. The van der Waals surface area contributed by atoms with Gasteiger partial charge in [0.05, 0.1) is 15.6 Å². The van der Waals surface area contributed by atoms with Crippen molar-refractivity contribution in [3.05, 3.63) is 174 Å². The van der Waals surface area contributed by atoms with E-state index < -0.39 is 0 Å². The zero-order valence-electron chi connectivity index (χ0n) is 25.9. The molecule has 0 fully saturated rings. The molecule has 0 saturated heterocycles. The molecule has 0 aromatic heterocycles. The lowest BCUT2D eigenvalue weighted by molar-refractivity contribution is 1.34. The molecule has 5 aromatic rings.